The van der Waals surface area contributed by atoms with Crippen LogP contribution in [0.15, 0.2) is 24.3 Å². The molecule has 1 aromatic carbocycles. The maximum absolute atomic E-state index is 12.1. The lowest BCUT2D eigenvalue weighted by molar-refractivity contribution is -0.151. The van der Waals surface area contributed by atoms with E-state index in [0.717, 1.165) is 0 Å². The van der Waals surface area contributed by atoms with Crippen molar-refractivity contribution in [3.8, 4) is 5.75 Å². The standard InChI is InChI=1S/C16H23NO4/c1-4-16(5-2,15(19)20)11-14(18)17-12-8-7-9-13(10-12)21-6-3/h7-10H,4-6,11H2,1-3H3,(H,17,18)(H,19,20). The summed E-state index contributed by atoms with van der Waals surface area (Å²) in [6.45, 7) is 6.02. The van der Waals surface area contributed by atoms with Crippen molar-refractivity contribution in [1.29, 1.82) is 0 Å². The van der Waals surface area contributed by atoms with E-state index in [0.29, 0.717) is 30.9 Å². The summed E-state index contributed by atoms with van der Waals surface area (Å²) >= 11 is 0. The summed E-state index contributed by atoms with van der Waals surface area (Å²) < 4.78 is 5.36. The van der Waals surface area contributed by atoms with Crippen LogP contribution in [0.2, 0.25) is 0 Å². The summed E-state index contributed by atoms with van der Waals surface area (Å²) in [6.07, 6.45) is 0.810. The van der Waals surface area contributed by atoms with Gasteiger partial charge in [0.25, 0.3) is 0 Å². The Kier molecular flexibility index (Phi) is 6.21. The molecule has 0 aliphatic carbocycles. The fourth-order valence-corrected chi connectivity index (χ4v) is 2.22. The quantitative estimate of drug-likeness (QED) is 0.771. The second kappa shape index (κ2) is 7.67. The van der Waals surface area contributed by atoms with Crippen molar-refractivity contribution in [2.75, 3.05) is 11.9 Å². The van der Waals surface area contributed by atoms with Crippen LogP contribution < -0.4 is 10.1 Å². The lowest BCUT2D eigenvalue weighted by Crippen LogP contribution is -2.34. The first-order valence-electron chi connectivity index (χ1n) is 7.23. The van der Waals surface area contributed by atoms with E-state index in [2.05, 4.69) is 5.32 Å². The maximum Gasteiger partial charge on any atom is 0.310 e. The van der Waals surface area contributed by atoms with Gasteiger partial charge in [0, 0.05) is 18.2 Å². The molecule has 0 aliphatic heterocycles. The van der Waals surface area contributed by atoms with E-state index in [1.54, 1.807) is 38.1 Å². The van der Waals surface area contributed by atoms with Gasteiger partial charge in [0.15, 0.2) is 0 Å². The predicted molar refractivity (Wildman–Crippen MR) is 81.5 cm³/mol. The van der Waals surface area contributed by atoms with Crippen LogP contribution in [0.25, 0.3) is 0 Å². The summed E-state index contributed by atoms with van der Waals surface area (Å²) in [5.74, 6) is -0.550. The predicted octanol–water partition coefficient (Wildman–Crippen LogP) is 3.30. The molecule has 0 aromatic heterocycles. The van der Waals surface area contributed by atoms with Crippen LogP contribution in [0.3, 0.4) is 0 Å². The van der Waals surface area contributed by atoms with Crippen molar-refractivity contribution >= 4 is 17.6 Å². The number of ether oxygens (including phenoxy) is 1. The van der Waals surface area contributed by atoms with Gasteiger partial charge in [-0.25, -0.2) is 0 Å². The number of amides is 1. The Morgan fingerprint density at radius 1 is 1.24 bits per heavy atom. The van der Waals surface area contributed by atoms with Gasteiger partial charge in [0.2, 0.25) is 5.91 Å². The van der Waals surface area contributed by atoms with Gasteiger partial charge in [-0.2, -0.15) is 0 Å². The van der Waals surface area contributed by atoms with E-state index in [-0.39, 0.29) is 12.3 Å². The minimum absolute atomic E-state index is 0.0335. The van der Waals surface area contributed by atoms with E-state index >= 15 is 0 Å². The fraction of sp³-hybridized carbons (Fsp3) is 0.500. The lowest BCUT2D eigenvalue weighted by Gasteiger charge is -2.25. The smallest absolute Gasteiger partial charge is 0.310 e. The van der Waals surface area contributed by atoms with E-state index < -0.39 is 11.4 Å². The molecule has 1 rings (SSSR count). The Morgan fingerprint density at radius 2 is 1.90 bits per heavy atom. The molecule has 116 valence electrons. The minimum Gasteiger partial charge on any atom is -0.494 e. The summed E-state index contributed by atoms with van der Waals surface area (Å²) in [5.41, 5.74) is -0.390. The zero-order chi connectivity index (χ0) is 15.9. The van der Waals surface area contributed by atoms with Crippen LogP contribution in [0, 0.1) is 5.41 Å². The van der Waals surface area contributed by atoms with Crippen LogP contribution in [-0.4, -0.2) is 23.6 Å². The highest BCUT2D eigenvalue weighted by Gasteiger charge is 2.37. The number of carboxylic acids is 1. The molecule has 1 aromatic rings. The van der Waals surface area contributed by atoms with E-state index in [9.17, 15) is 14.7 Å². The number of hydrogen-bond acceptors (Lipinski definition) is 3. The number of carbonyl (C=O) groups is 2. The Morgan fingerprint density at radius 3 is 2.43 bits per heavy atom. The molecular weight excluding hydrogens is 270 g/mol. The number of carboxylic acid groups (broad SMARTS) is 1. The third kappa shape index (κ3) is 4.48. The molecule has 2 N–H and O–H groups in total. The van der Waals surface area contributed by atoms with Crippen molar-refractivity contribution in [1.82, 2.24) is 0 Å². The van der Waals surface area contributed by atoms with Gasteiger partial charge >= 0.3 is 5.97 Å². The van der Waals surface area contributed by atoms with Crippen LogP contribution >= 0.6 is 0 Å². The molecule has 0 fully saturated rings. The zero-order valence-corrected chi connectivity index (χ0v) is 12.8. The van der Waals surface area contributed by atoms with Crippen LogP contribution in [0.1, 0.15) is 40.0 Å². The molecule has 0 aliphatic rings. The van der Waals surface area contributed by atoms with Gasteiger partial charge in [0.1, 0.15) is 5.75 Å². The Bertz CT molecular complexity index is 495. The van der Waals surface area contributed by atoms with Crippen molar-refractivity contribution in [3.05, 3.63) is 24.3 Å². The first-order valence-corrected chi connectivity index (χ1v) is 7.23. The third-order valence-electron chi connectivity index (χ3n) is 3.73. The molecule has 0 bridgehead atoms. The number of anilines is 1. The molecule has 0 unspecified atom stereocenters. The van der Waals surface area contributed by atoms with Gasteiger partial charge in [-0.1, -0.05) is 19.9 Å². The monoisotopic (exact) mass is 293 g/mol. The van der Waals surface area contributed by atoms with E-state index in [1.807, 2.05) is 6.92 Å². The maximum atomic E-state index is 12.1. The first-order chi connectivity index (χ1) is 9.97. The van der Waals surface area contributed by atoms with Gasteiger partial charge in [0.05, 0.1) is 12.0 Å². The first kappa shape index (κ1) is 17.0. The molecular formula is C16H23NO4. The number of aliphatic carboxylic acids is 1. The number of rotatable bonds is 8. The van der Waals surface area contributed by atoms with Crippen molar-refractivity contribution in [3.63, 3.8) is 0 Å². The zero-order valence-electron chi connectivity index (χ0n) is 12.8. The van der Waals surface area contributed by atoms with E-state index in [4.69, 9.17) is 4.74 Å². The normalized spacial score (nSPS) is 11.0. The topological polar surface area (TPSA) is 75.6 Å². The fourth-order valence-electron chi connectivity index (χ4n) is 2.22. The van der Waals surface area contributed by atoms with Crippen molar-refractivity contribution < 1.29 is 19.4 Å². The lowest BCUT2D eigenvalue weighted by atomic mass is 9.79. The summed E-state index contributed by atoms with van der Waals surface area (Å²) in [6, 6.07) is 7.06. The van der Waals surface area contributed by atoms with E-state index in [1.165, 1.54) is 0 Å². The second-order valence-electron chi connectivity index (χ2n) is 4.98. The van der Waals surface area contributed by atoms with Crippen LogP contribution in [0.4, 0.5) is 5.69 Å². The molecule has 0 atom stereocenters. The van der Waals surface area contributed by atoms with Crippen LogP contribution in [-0.2, 0) is 9.59 Å². The highest BCUT2D eigenvalue weighted by molar-refractivity contribution is 5.94. The average molecular weight is 293 g/mol. The second-order valence-corrected chi connectivity index (χ2v) is 4.98. The molecule has 5 heteroatoms. The molecule has 0 saturated heterocycles. The number of carbonyl (C=O) groups excluding carboxylic acids is 1. The minimum atomic E-state index is -0.998. The molecule has 0 spiro atoms. The SMILES string of the molecule is CCOc1cccc(NC(=O)CC(CC)(CC)C(=O)O)c1. The molecule has 21 heavy (non-hydrogen) atoms. The van der Waals surface area contributed by atoms with Gasteiger partial charge in [-0.15, -0.1) is 0 Å². The van der Waals surface area contributed by atoms with Gasteiger partial charge in [-0.05, 0) is 31.9 Å². The number of hydrogen-bond donors (Lipinski definition) is 2. The summed E-state index contributed by atoms with van der Waals surface area (Å²) in [4.78, 5) is 23.5. The average Bonchev–Trinajstić information content (AvgIpc) is 2.45. The Labute approximate surface area is 125 Å². The number of benzene rings is 1. The highest BCUT2D eigenvalue weighted by Crippen LogP contribution is 2.31. The molecule has 1 amide bonds. The molecule has 0 radical (unpaired) electrons. The third-order valence-corrected chi connectivity index (χ3v) is 3.73. The van der Waals surface area contributed by atoms with Crippen molar-refractivity contribution in [2.45, 2.75) is 40.0 Å². The van der Waals surface area contributed by atoms with Gasteiger partial charge < -0.3 is 15.2 Å². The summed E-state index contributed by atoms with van der Waals surface area (Å²) in [7, 11) is 0. The molecule has 0 heterocycles. The molecule has 5 nitrogen and oxygen atoms in total. The summed E-state index contributed by atoms with van der Waals surface area (Å²) in [5, 5.41) is 12.1. The molecule has 0 saturated carbocycles. The van der Waals surface area contributed by atoms with Gasteiger partial charge in [-0.3, -0.25) is 9.59 Å². The van der Waals surface area contributed by atoms with Crippen molar-refractivity contribution in [2.24, 2.45) is 5.41 Å². The number of nitrogens with one attached hydrogen (secondary N) is 1. The largest absolute Gasteiger partial charge is 0.494 e. The Balaban J connectivity index is 2.77. The highest BCUT2D eigenvalue weighted by atomic mass is 16.5. The van der Waals surface area contributed by atoms with Crippen LogP contribution in [0.5, 0.6) is 5.75 Å². The Hall–Kier alpha value is -2.04.